The van der Waals surface area contributed by atoms with Gasteiger partial charge in [-0.3, -0.25) is 4.79 Å². The van der Waals surface area contributed by atoms with Crippen molar-refractivity contribution in [3.05, 3.63) is 35.5 Å². The van der Waals surface area contributed by atoms with Crippen molar-refractivity contribution >= 4 is 5.91 Å². The SMILES string of the molecule is Cc1cc(-c2noc(CCC(=O)N3CCC(C(C)O)C3)n2)ccc1F. The van der Waals surface area contributed by atoms with Gasteiger partial charge in [-0.05, 0) is 44.0 Å². The van der Waals surface area contributed by atoms with Gasteiger partial charge < -0.3 is 14.5 Å². The summed E-state index contributed by atoms with van der Waals surface area (Å²) < 4.78 is 18.5. The molecule has 1 amide bonds. The van der Waals surface area contributed by atoms with Crippen LogP contribution in [0, 0.1) is 18.7 Å². The predicted molar refractivity (Wildman–Crippen MR) is 89.1 cm³/mol. The van der Waals surface area contributed by atoms with Gasteiger partial charge in [0.05, 0.1) is 6.10 Å². The molecule has 2 aromatic rings. The Kier molecular flexibility index (Phi) is 5.13. The van der Waals surface area contributed by atoms with Crippen molar-refractivity contribution in [3.8, 4) is 11.4 Å². The maximum Gasteiger partial charge on any atom is 0.227 e. The molecule has 2 unspecified atom stereocenters. The van der Waals surface area contributed by atoms with Crippen molar-refractivity contribution in [1.29, 1.82) is 0 Å². The monoisotopic (exact) mass is 347 g/mol. The Bertz CT molecular complexity index is 760. The average Bonchev–Trinajstić information content (AvgIpc) is 3.24. The molecule has 0 saturated carbocycles. The van der Waals surface area contributed by atoms with Gasteiger partial charge in [0, 0.05) is 37.4 Å². The first-order chi connectivity index (χ1) is 11.9. The number of aromatic nitrogens is 2. The van der Waals surface area contributed by atoms with E-state index in [1.165, 1.54) is 6.07 Å². The summed E-state index contributed by atoms with van der Waals surface area (Å²) in [5.74, 6) is 0.679. The maximum absolute atomic E-state index is 13.3. The van der Waals surface area contributed by atoms with E-state index in [4.69, 9.17) is 4.52 Å². The second kappa shape index (κ2) is 7.31. The number of aliphatic hydroxyl groups is 1. The first-order valence-corrected chi connectivity index (χ1v) is 8.49. The van der Waals surface area contributed by atoms with Crippen LogP contribution in [0.25, 0.3) is 11.4 Å². The topological polar surface area (TPSA) is 79.5 Å². The van der Waals surface area contributed by atoms with Gasteiger partial charge in [0.1, 0.15) is 5.82 Å². The number of amides is 1. The quantitative estimate of drug-likeness (QED) is 0.898. The van der Waals surface area contributed by atoms with E-state index in [0.717, 1.165) is 6.42 Å². The minimum atomic E-state index is -0.393. The van der Waals surface area contributed by atoms with E-state index >= 15 is 0 Å². The normalized spacial score (nSPS) is 18.6. The first-order valence-electron chi connectivity index (χ1n) is 8.49. The van der Waals surface area contributed by atoms with E-state index in [1.54, 1.807) is 30.9 Å². The molecule has 0 aliphatic carbocycles. The minimum absolute atomic E-state index is 0.0283. The van der Waals surface area contributed by atoms with Crippen molar-refractivity contribution in [2.45, 2.75) is 39.2 Å². The molecule has 2 heterocycles. The van der Waals surface area contributed by atoms with E-state index in [1.807, 2.05) is 0 Å². The second-order valence-electron chi connectivity index (χ2n) is 6.60. The van der Waals surface area contributed by atoms with Gasteiger partial charge >= 0.3 is 0 Å². The highest BCUT2D eigenvalue weighted by atomic mass is 19.1. The lowest BCUT2D eigenvalue weighted by Crippen LogP contribution is -2.30. The number of rotatable bonds is 5. The zero-order valence-electron chi connectivity index (χ0n) is 14.4. The third-order valence-electron chi connectivity index (χ3n) is 4.70. The molecule has 1 aliphatic heterocycles. The molecule has 0 spiro atoms. The summed E-state index contributed by atoms with van der Waals surface area (Å²) >= 11 is 0. The van der Waals surface area contributed by atoms with Gasteiger partial charge in [-0.15, -0.1) is 0 Å². The van der Waals surface area contributed by atoms with Gasteiger partial charge in [-0.25, -0.2) is 4.39 Å². The number of nitrogens with zero attached hydrogens (tertiary/aromatic N) is 3. The molecule has 3 rings (SSSR count). The van der Waals surface area contributed by atoms with Crippen molar-refractivity contribution in [3.63, 3.8) is 0 Å². The van der Waals surface area contributed by atoms with Crippen molar-refractivity contribution in [2.75, 3.05) is 13.1 Å². The molecule has 7 heteroatoms. The Morgan fingerprint density at radius 3 is 3.00 bits per heavy atom. The number of halogens is 1. The van der Waals surface area contributed by atoms with Crippen molar-refractivity contribution in [1.82, 2.24) is 15.0 Å². The molecule has 2 atom stereocenters. The molecule has 25 heavy (non-hydrogen) atoms. The Labute approximate surface area is 145 Å². The number of carbonyl (C=O) groups is 1. The van der Waals surface area contributed by atoms with Crippen molar-refractivity contribution < 1.29 is 18.8 Å². The summed E-state index contributed by atoms with van der Waals surface area (Å²) in [7, 11) is 0. The molecule has 6 nitrogen and oxygen atoms in total. The molecule has 0 bridgehead atoms. The van der Waals surface area contributed by atoms with Crippen LogP contribution in [0.5, 0.6) is 0 Å². The summed E-state index contributed by atoms with van der Waals surface area (Å²) in [6.07, 6.45) is 1.09. The lowest BCUT2D eigenvalue weighted by molar-refractivity contribution is -0.130. The fourth-order valence-corrected chi connectivity index (χ4v) is 3.04. The number of aryl methyl sites for hydroxylation is 2. The van der Waals surface area contributed by atoms with Gasteiger partial charge in [-0.2, -0.15) is 4.98 Å². The summed E-state index contributed by atoms with van der Waals surface area (Å²) in [6.45, 7) is 4.71. The predicted octanol–water partition coefficient (Wildman–Crippen LogP) is 2.35. The van der Waals surface area contributed by atoms with Gasteiger partial charge in [0.15, 0.2) is 0 Å². The van der Waals surface area contributed by atoms with Crippen molar-refractivity contribution in [2.24, 2.45) is 5.92 Å². The van der Waals surface area contributed by atoms with Crippen LogP contribution in [-0.2, 0) is 11.2 Å². The number of benzene rings is 1. The summed E-state index contributed by atoms with van der Waals surface area (Å²) in [4.78, 5) is 18.3. The second-order valence-corrected chi connectivity index (χ2v) is 6.60. The Morgan fingerprint density at radius 2 is 2.32 bits per heavy atom. The molecular formula is C18H22FN3O3. The Balaban J connectivity index is 1.57. The smallest absolute Gasteiger partial charge is 0.227 e. The van der Waals surface area contributed by atoms with Crippen LogP contribution < -0.4 is 0 Å². The van der Waals surface area contributed by atoms with E-state index < -0.39 is 6.10 Å². The van der Waals surface area contributed by atoms with Crippen LogP contribution in [0.3, 0.4) is 0 Å². The van der Waals surface area contributed by atoms with Crippen LogP contribution in [0.15, 0.2) is 22.7 Å². The number of aliphatic hydroxyl groups excluding tert-OH is 1. The molecule has 1 fully saturated rings. The van der Waals surface area contributed by atoms with Crippen LogP contribution >= 0.6 is 0 Å². The largest absolute Gasteiger partial charge is 0.393 e. The fraction of sp³-hybridized carbons (Fsp3) is 0.500. The molecule has 1 saturated heterocycles. The minimum Gasteiger partial charge on any atom is -0.393 e. The van der Waals surface area contributed by atoms with Gasteiger partial charge in [0.2, 0.25) is 17.6 Å². The molecule has 1 N–H and O–H groups in total. The van der Waals surface area contributed by atoms with Crippen LogP contribution in [0.4, 0.5) is 4.39 Å². The molecule has 1 aromatic heterocycles. The lowest BCUT2D eigenvalue weighted by atomic mass is 10.0. The van der Waals surface area contributed by atoms with Gasteiger partial charge in [0.25, 0.3) is 0 Å². The van der Waals surface area contributed by atoms with Gasteiger partial charge in [-0.1, -0.05) is 5.16 Å². The molecule has 0 radical (unpaired) electrons. The summed E-state index contributed by atoms with van der Waals surface area (Å²) in [6, 6.07) is 4.63. The van der Waals surface area contributed by atoms with E-state index in [-0.39, 0.29) is 24.1 Å². The van der Waals surface area contributed by atoms with E-state index in [0.29, 0.717) is 42.4 Å². The average molecular weight is 347 g/mol. The number of likely N-dealkylation sites (tertiary alicyclic amines) is 1. The Morgan fingerprint density at radius 1 is 1.52 bits per heavy atom. The maximum atomic E-state index is 13.3. The van der Waals surface area contributed by atoms with Crippen LogP contribution in [-0.4, -0.2) is 45.2 Å². The van der Waals surface area contributed by atoms with Crippen LogP contribution in [0.2, 0.25) is 0 Å². The third-order valence-corrected chi connectivity index (χ3v) is 4.70. The van der Waals surface area contributed by atoms with E-state index in [2.05, 4.69) is 10.1 Å². The highest BCUT2D eigenvalue weighted by molar-refractivity contribution is 5.76. The third kappa shape index (κ3) is 4.04. The first kappa shape index (κ1) is 17.5. The molecule has 134 valence electrons. The highest BCUT2D eigenvalue weighted by Crippen LogP contribution is 2.22. The zero-order chi connectivity index (χ0) is 18.0. The summed E-state index contributed by atoms with van der Waals surface area (Å²) in [5, 5.41) is 13.5. The fourth-order valence-electron chi connectivity index (χ4n) is 3.04. The van der Waals surface area contributed by atoms with Crippen LogP contribution in [0.1, 0.15) is 31.2 Å². The van der Waals surface area contributed by atoms with E-state index in [9.17, 15) is 14.3 Å². The zero-order valence-corrected chi connectivity index (χ0v) is 14.4. The molecule has 1 aliphatic rings. The summed E-state index contributed by atoms with van der Waals surface area (Å²) in [5.41, 5.74) is 1.19. The molecular weight excluding hydrogens is 325 g/mol. The standard InChI is InChI=1S/C18H22FN3O3/c1-11-9-13(3-4-15(11)19)18-20-16(25-21-18)5-6-17(24)22-8-7-14(10-22)12(2)23/h3-4,9,12,14,23H,5-8,10H2,1-2H3. The number of hydrogen-bond donors (Lipinski definition) is 1. The number of hydrogen-bond acceptors (Lipinski definition) is 5. The molecule has 1 aromatic carbocycles. The number of carbonyl (C=O) groups excluding carboxylic acids is 1. The highest BCUT2D eigenvalue weighted by Gasteiger charge is 2.28. The lowest BCUT2D eigenvalue weighted by Gasteiger charge is -2.17. The Hall–Kier alpha value is -2.28.